The zero-order valence-corrected chi connectivity index (χ0v) is 6.13. The number of hydrogen-bond donors (Lipinski definition) is 0. The molecule has 0 amide bonds. The van der Waals surface area contributed by atoms with Gasteiger partial charge in [0.2, 0.25) is 0 Å². The Morgan fingerprint density at radius 3 is 0.615 bits per heavy atom. The third-order valence-electron chi connectivity index (χ3n) is 0.694. The predicted octanol–water partition coefficient (Wildman–Crippen LogP) is 3.16. The van der Waals surface area contributed by atoms with Crippen LogP contribution >= 0.6 is 0 Å². The largest absolute Gasteiger partial charge is 0.593 e. The maximum Gasteiger partial charge on any atom is 0.593 e. The van der Waals surface area contributed by atoms with Crippen LogP contribution in [0, 0.1) is 0 Å². The Labute approximate surface area is 68.1 Å². The summed E-state index contributed by atoms with van der Waals surface area (Å²) in [6.45, 7) is 0. The molecule has 0 saturated carbocycles. The number of hydrogen-bond acceptors (Lipinski definition) is 0. The first-order chi connectivity index (χ1) is 5.37. The average molecular weight is 239 g/mol. The second kappa shape index (κ2) is 3.14. The fraction of sp³-hybridized carbons (Fsp3) is 1.00. The van der Waals surface area contributed by atoms with E-state index >= 15 is 0 Å². The van der Waals surface area contributed by atoms with Crippen molar-refractivity contribution in [1.82, 2.24) is 0 Å². The third kappa shape index (κ3) is 3.53. The van der Waals surface area contributed by atoms with Crippen molar-refractivity contribution >= 4 is 10.9 Å². The molecule has 13 heavy (non-hydrogen) atoms. The molecule has 0 bridgehead atoms. The van der Waals surface area contributed by atoms with Crippen LogP contribution in [0.5, 0.6) is 0 Å². The average Bonchev–Trinajstić information content (AvgIpc) is 1.44. The van der Waals surface area contributed by atoms with Gasteiger partial charge in [0.25, 0.3) is 0 Å². The van der Waals surface area contributed by atoms with E-state index < -0.39 is 27.4 Å². The lowest BCUT2D eigenvalue weighted by molar-refractivity contribution is -0.114. The fourth-order valence-corrected chi connectivity index (χ4v) is 1.18. The minimum atomic E-state index is -6.34. The molecule has 0 rings (SSSR count). The first kappa shape index (κ1) is 12.7. The minimum absolute atomic E-state index is 5.58. The molecule has 0 aliphatic heterocycles. The summed E-state index contributed by atoms with van der Waals surface area (Å²) in [6.07, 6.45) is 0. The molecule has 0 aromatic heterocycles. The Balaban J connectivity index is 5.02. The first-order valence-corrected chi connectivity index (χ1v) is 3.54. The molecule has 0 aliphatic carbocycles. The van der Waals surface area contributed by atoms with E-state index in [4.69, 9.17) is 0 Å². The highest BCUT2D eigenvalue weighted by Crippen LogP contribution is 2.48. The van der Waals surface area contributed by atoms with Crippen LogP contribution in [0.3, 0.4) is 0 Å². The predicted molar refractivity (Wildman–Crippen MR) is 25.5 cm³/mol. The Morgan fingerprint density at radius 1 is 0.462 bits per heavy atom. The quantitative estimate of drug-likeness (QED) is 0.450. The Morgan fingerprint density at radius 2 is 0.615 bits per heavy atom. The third-order valence-corrected chi connectivity index (χ3v) is 2.08. The summed E-state index contributed by atoms with van der Waals surface area (Å²) in [5.41, 5.74) is -19.0. The molecule has 0 nitrogen and oxygen atoms in total. The summed E-state index contributed by atoms with van der Waals surface area (Å²) < 4.78 is 102. The van der Waals surface area contributed by atoms with E-state index in [-0.39, 0.29) is 0 Å². The van der Waals surface area contributed by atoms with E-state index in [1.807, 2.05) is 0 Å². The topological polar surface area (TPSA) is 0 Å². The fourth-order valence-electron chi connectivity index (χ4n) is 0.394. The summed E-state index contributed by atoms with van der Waals surface area (Å²) in [7, 11) is -5.58. The van der Waals surface area contributed by atoms with E-state index in [2.05, 4.69) is 0 Å². The molecule has 0 aromatic carbocycles. The summed E-state index contributed by atoms with van der Waals surface area (Å²) in [6, 6.07) is 0. The Bertz CT molecular complexity index is 137. The van der Waals surface area contributed by atoms with Crippen LogP contribution < -0.4 is 0 Å². The van der Waals surface area contributed by atoms with E-state index in [1.54, 1.807) is 0 Å². The number of halogens is 9. The maximum absolute atomic E-state index is 11.3. The van der Waals surface area contributed by atoms with Gasteiger partial charge in [-0.3, -0.25) is 0 Å². The molecule has 0 atom stereocenters. The molecule has 0 fully saturated rings. The molecule has 10 heteroatoms. The second-order valence-corrected chi connectivity index (χ2v) is 3.64. The molecule has 0 aromatic rings. The molecule has 0 saturated heterocycles. The standard InChI is InChI=1S/C3F9S/c4-1(5,6)13(2(7,8)9)3(10,11)12/q+1. The van der Waals surface area contributed by atoms with Crippen LogP contribution in [-0.4, -0.2) is 16.5 Å². The van der Waals surface area contributed by atoms with Gasteiger partial charge in [0, 0.05) is 0 Å². The van der Waals surface area contributed by atoms with Gasteiger partial charge in [-0.15, -0.1) is 39.5 Å². The van der Waals surface area contributed by atoms with Crippen molar-refractivity contribution in [3.63, 3.8) is 0 Å². The Hall–Kier alpha value is -0.280. The van der Waals surface area contributed by atoms with Crippen LogP contribution in [0.4, 0.5) is 39.5 Å². The van der Waals surface area contributed by atoms with Gasteiger partial charge in [0.15, 0.2) is 0 Å². The monoisotopic (exact) mass is 239 g/mol. The molecule has 0 N–H and O–H groups in total. The van der Waals surface area contributed by atoms with Gasteiger partial charge in [-0.1, -0.05) is 0 Å². The lowest BCUT2D eigenvalue weighted by atomic mass is 11.5. The highest BCUT2D eigenvalue weighted by Gasteiger charge is 2.82. The second-order valence-electron chi connectivity index (χ2n) is 1.64. The minimum Gasteiger partial charge on any atom is -0.122 e. The van der Waals surface area contributed by atoms with Crippen molar-refractivity contribution < 1.29 is 39.5 Å². The molecule has 0 radical (unpaired) electrons. The van der Waals surface area contributed by atoms with Gasteiger partial charge in [0.1, 0.15) is 0 Å². The van der Waals surface area contributed by atoms with Crippen molar-refractivity contribution in [2.24, 2.45) is 0 Å². The van der Waals surface area contributed by atoms with Crippen LogP contribution in [0.25, 0.3) is 0 Å². The van der Waals surface area contributed by atoms with E-state index in [1.165, 1.54) is 0 Å². The smallest absolute Gasteiger partial charge is 0.122 e. The molecular weight excluding hydrogens is 239 g/mol. The van der Waals surface area contributed by atoms with Crippen molar-refractivity contribution in [3.05, 3.63) is 0 Å². The molecular formula is C3F9S+. The summed E-state index contributed by atoms with van der Waals surface area (Å²) in [5.74, 6) is 0. The van der Waals surface area contributed by atoms with Gasteiger partial charge in [0.05, 0.1) is 0 Å². The number of rotatable bonds is 0. The van der Waals surface area contributed by atoms with Crippen molar-refractivity contribution in [3.8, 4) is 0 Å². The summed E-state index contributed by atoms with van der Waals surface area (Å²) in [4.78, 5) is 0. The zero-order chi connectivity index (χ0) is 11.1. The van der Waals surface area contributed by atoms with E-state index in [0.29, 0.717) is 0 Å². The zero-order valence-electron chi connectivity index (χ0n) is 5.31. The Kier molecular flexibility index (Phi) is 3.07. The first-order valence-electron chi connectivity index (χ1n) is 2.31. The summed E-state index contributed by atoms with van der Waals surface area (Å²) in [5, 5.41) is 0. The highest BCUT2D eigenvalue weighted by molar-refractivity contribution is 7.99. The van der Waals surface area contributed by atoms with Crippen molar-refractivity contribution in [2.45, 2.75) is 16.5 Å². The molecule has 0 spiro atoms. The van der Waals surface area contributed by atoms with Gasteiger partial charge >= 0.3 is 27.4 Å². The van der Waals surface area contributed by atoms with Gasteiger partial charge < -0.3 is 0 Å². The van der Waals surface area contributed by atoms with Crippen LogP contribution in [0.1, 0.15) is 0 Å². The van der Waals surface area contributed by atoms with E-state index in [0.717, 1.165) is 0 Å². The highest BCUT2D eigenvalue weighted by atomic mass is 32.2. The number of alkyl halides is 9. The molecule has 0 aliphatic rings. The molecule has 0 unspecified atom stereocenters. The normalized spacial score (nSPS) is 15.2. The van der Waals surface area contributed by atoms with Crippen LogP contribution in [0.15, 0.2) is 0 Å². The van der Waals surface area contributed by atoms with Gasteiger partial charge in [-0.2, -0.15) is 0 Å². The van der Waals surface area contributed by atoms with Gasteiger partial charge in [-0.25, -0.2) is 0 Å². The van der Waals surface area contributed by atoms with Crippen molar-refractivity contribution in [2.75, 3.05) is 0 Å². The van der Waals surface area contributed by atoms with Crippen LogP contribution in [-0.2, 0) is 10.9 Å². The van der Waals surface area contributed by atoms with Crippen LogP contribution in [0.2, 0.25) is 0 Å². The molecule has 80 valence electrons. The van der Waals surface area contributed by atoms with E-state index in [9.17, 15) is 39.5 Å². The molecule has 0 heterocycles. The SMILES string of the molecule is FC(F)(F)[S+](C(F)(F)F)C(F)(F)F. The lowest BCUT2D eigenvalue weighted by Gasteiger charge is -2.13. The van der Waals surface area contributed by atoms with Crippen molar-refractivity contribution in [1.29, 1.82) is 0 Å². The summed E-state index contributed by atoms with van der Waals surface area (Å²) >= 11 is 0. The van der Waals surface area contributed by atoms with Gasteiger partial charge in [-0.05, 0) is 0 Å². The lowest BCUT2D eigenvalue weighted by Crippen LogP contribution is -2.46. The maximum atomic E-state index is 11.3.